The first-order chi connectivity index (χ1) is 14.6. The van der Waals surface area contributed by atoms with Crippen molar-refractivity contribution >= 4 is 11.9 Å². The first kappa shape index (κ1) is 20.3. The summed E-state index contributed by atoms with van der Waals surface area (Å²) in [4.78, 5) is 37.0. The van der Waals surface area contributed by atoms with Crippen LogP contribution in [-0.2, 0) is 24.3 Å². The Bertz CT molecular complexity index is 863. The van der Waals surface area contributed by atoms with Gasteiger partial charge < -0.3 is 15.1 Å². The molecule has 158 valence electrons. The van der Waals surface area contributed by atoms with Crippen LogP contribution in [0.5, 0.6) is 0 Å². The smallest absolute Gasteiger partial charge is 0.318 e. The molecule has 0 saturated heterocycles. The molecule has 0 spiro atoms. The van der Waals surface area contributed by atoms with E-state index in [9.17, 15) is 9.59 Å². The number of pyridine rings is 2. The number of hydrogen-bond donors (Lipinski definition) is 1. The standard InChI is InChI=1S/C23H29N5O2/c1-2-27(22(29)10-17-4-3-7-24-12-17)9-6-18-11-20(18)14-26-23(30)28-15-19-5-8-25-13-21(19)16-28/h3-5,7-8,12-13,18,20H,2,6,9-11,14-16H2,1H3,(H,26,30). The van der Waals surface area contributed by atoms with Gasteiger partial charge in [0.05, 0.1) is 6.42 Å². The molecule has 4 rings (SSSR count). The van der Waals surface area contributed by atoms with Gasteiger partial charge in [-0.05, 0) is 60.4 Å². The highest BCUT2D eigenvalue weighted by Gasteiger charge is 2.37. The Labute approximate surface area is 177 Å². The zero-order valence-corrected chi connectivity index (χ0v) is 17.5. The number of urea groups is 1. The largest absolute Gasteiger partial charge is 0.343 e. The molecule has 0 radical (unpaired) electrons. The molecule has 7 nitrogen and oxygen atoms in total. The molecule has 3 amide bonds. The van der Waals surface area contributed by atoms with Gasteiger partial charge in [-0.15, -0.1) is 0 Å². The van der Waals surface area contributed by atoms with Crippen LogP contribution < -0.4 is 5.32 Å². The summed E-state index contributed by atoms with van der Waals surface area (Å²) in [6, 6.07) is 5.78. The van der Waals surface area contributed by atoms with Gasteiger partial charge in [0.15, 0.2) is 0 Å². The van der Waals surface area contributed by atoms with Gasteiger partial charge in [-0.1, -0.05) is 6.07 Å². The van der Waals surface area contributed by atoms with E-state index >= 15 is 0 Å². The summed E-state index contributed by atoms with van der Waals surface area (Å²) < 4.78 is 0. The van der Waals surface area contributed by atoms with Gasteiger partial charge in [0.1, 0.15) is 0 Å². The fourth-order valence-corrected chi connectivity index (χ4v) is 4.18. The average Bonchev–Trinajstić information content (AvgIpc) is 3.37. The molecule has 1 N–H and O–H groups in total. The third kappa shape index (κ3) is 4.96. The number of carbonyl (C=O) groups excluding carboxylic acids is 2. The lowest BCUT2D eigenvalue weighted by molar-refractivity contribution is -0.130. The van der Waals surface area contributed by atoms with E-state index in [1.54, 1.807) is 18.6 Å². The van der Waals surface area contributed by atoms with Crippen LogP contribution >= 0.6 is 0 Å². The maximum Gasteiger partial charge on any atom is 0.318 e. The maximum absolute atomic E-state index is 12.5. The van der Waals surface area contributed by atoms with Crippen molar-refractivity contribution in [1.29, 1.82) is 0 Å². The molecule has 1 aliphatic heterocycles. The van der Waals surface area contributed by atoms with Gasteiger partial charge in [0.2, 0.25) is 5.91 Å². The van der Waals surface area contributed by atoms with E-state index in [1.165, 1.54) is 5.56 Å². The number of nitrogens with one attached hydrogen (secondary N) is 1. The quantitative estimate of drug-likeness (QED) is 0.730. The van der Waals surface area contributed by atoms with Gasteiger partial charge in [0.25, 0.3) is 0 Å². The van der Waals surface area contributed by atoms with Crippen LogP contribution in [0, 0.1) is 11.8 Å². The number of fused-ring (bicyclic) bond motifs is 1. The van der Waals surface area contributed by atoms with Crippen LogP contribution in [0.3, 0.4) is 0 Å². The minimum Gasteiger partial charge on any atom is -0.343 e. The van der Waals surface area contributed by atoms with E-state index < -0.39 is 0 Å². The summed E-state index contributed by atoms with van der Waals surface area (Å²) in [7, 11) is 0. The highest BCUT2D eigenvalue weighted by Crippen LogP contribution is 2.40. The minimum absolute atomic E-state index is 0.00122. The summed E-state index contributed by atoms with van der Waals surface area (Å²) in [5, 5.41) is 3.09. The normalized spacial score (nSPS) is 19.3. The molecule has 2 unspecified atom stereocenters. The van der Waals surface area contributed by atoms with E-state index in [4.69, 9.17) is 0 Å². The first-order valence-electron chi connectivity index (χ1n) is 10.7. The SMILES string of the molecule is CCN(CCC1CC1CNC(=O)N1Cc2ccncc2C1)C(=O)Cc1cccnc1. The second-order valence-corrected chi connectivity index (χ2v) is 8.24. The van der Waals surface area contributed by atoms with Gasteiger partial charge >= 0.3 is 6.03 Å². The van der Waals surface area contributed by atoms with Crippen LogP contribution in [0.15, 0.2) is 43.0 Å². The van der Waals surface area contributed by atoms with Crippen LogP contribution in [0.2, 0.25) is 0 Å². The van der Waals surface area contributed by atoms with E-state index in [0.717, 1.165) is 37.1 Å². The number of hydrogen-bond acceptors (Lipinski definition) is 4. The first-order valence-corrected chi connectivity index (χ1v) is 10.7. The Morgan fingerprint density at radius 1 is 1.13 bits per heavy atom. The van der Waals surface area contributed by atoms with Gasteiger partial charge in [-0.3, -0.25) is 14.8 Å². The van der Waals surface area contributed by atoms with Crippen molar-refractivity contribution < 1.29 is 9.59 Å². The van der Waals surface area contributed by atoms with Crippen molar-refractivity contribution in [3.63, 3.8) is 0 Å². The zero-order valence-electron chi connectivity index (χ0n) is 17.5. The minimum atomic E-state index is -0.00122. The highest BCUT2D eigenvalue weighted by molar-refractivity contribution is 5.78. The lowest BCUT2D eigenvalue weighted by Crippen LogP contribution is -2.37. The Morgan fingerprint density at radius 2 is 1.97 bits per heavy atom. The molecular weight excluding hydrogens is 378 g/mol. The molecule has 1 aliphatic carbocycles. The van der Waals surface area contributed by atoms with Crippen molar-refractivity contribution in [3.05, 3.63) is 59.7 Å². The monoisotopic (exact) mass is 407 g/mol. The number of carbonyl (C=O) groups is 2. The molecule has 2 aromatic heterocycles. The second kappa shape index (κ2) is 9.24. The number of nitrogens with zero attached hydrogens (tertiary/aromatic N) is 4. The van der Waals surface area contributed by atoms with Gasteiger partial charge in [-0.25, -0.2) is 4.79 Å². The summed E-state index contributed by atoms with van der Waals surface area (Å²) in [5.74, 6) is 1.26. The molecule has 0 aromatic carbocycles. The van der Waals surface area contributed by atoms with Crippen LogP contribution in [0.25, 0.3) is 0 Å². The van der Waals surface area contributed by atoms with Crippen LogP contribution in [0.1, 0.15) is 36.5 Å². The van der Waals surface area contributed by atoms with Crippen LogP contribution in [-0.4, -0.2) is 51.3 Å². The molecule has 30 heavy (non-hydrogen) atoms. The molecule has 1 saturated carbocycles. The molecule has 0 bridgehead atoms. The number of rotatable bonds is 8. The Balaban J connectivity index is 1.15. The van der Waals surface area contributed by atoms with Crippen molar-refractivity contribution in [1.82, 2.24) is 25.1 Å². The lowest BCUT2D eigenvalue weighted by atomic mass is 10.1. The average molecular weight is 408 g/mol. The third-order valence-corrected chi connectivity index (χ3v) is 6.18. The van der Waals surface area contributed by atoms with Gasteiger partial charge in [-0.2, -0.15) is 0 Å². The van der Waals surface area contributed by atoms with E-state index in [2.05, 4.69) is 15.3 Å². The molecule has 3 heterocycles. The summed E-state index contributed by atoms with van der Waals surface area (Å²) in [5.41, 5.74) is 3.26. The Hall–Kier alpha value is -2.96. The molecule has 2 atom stereocenters. The number of amides is 3. The molecular formula is C23H29N5O2. The fraction of sp³-hybridized carbons (Fsp3) is 0.478. The predicted molar refractivity (Wildman–Crippen MR) is 113 cm³/mol. The molecule has 2 aliphatic rings. The molecule has 7 heteroatoms. The molecule has 2 aromatic rings. The molecule has 1 fully saturated rings. The highest BCUT2D eigenvalue weighted by atomic mass is 16.2. The Morgan fingerprint density at radius 3 is 2.73 bits per heavy atom. The van der Waals surface area contributed by atoms with Crippen molar-refractivity contribution in [2.24, 2.45) is 11.8 Å². The predicted octanol–water partition coefficient (Wildman–Crippen LogP) is 2.62. The van der Waals surface area contributed by atoms with Crippen molar-refractivity contribution in [2.45, 2.75) is 39.3 Å². The Kier molecular flexibility index (Phi) is 6.26. The fourth-order valence-electron chi connectivity index (χ4n) is 4.18. The summed E-state index contributed by atoms with van der Waals surface area (Å²) in [6.07, 6.45) is 9.61. The van der Waals surface area contributed by atoms with Gasteiger partial charge in [0, 0.05) is 57.5 Å². The third-order valence-electron chi connectivity index (χ3n) is 6.18. The topological polar surface area (TPSA) is 78.4 Å². The number of aromatic nitrogens is 2. The van der Waals surface area contributed by atoms with E-state index in [0.29, 0.717) is 37.9 Å². The van der Waals surface area contributed by atoms with Crippen molar-refractivity contribution in [3.8, 4) is 0 Å². The van der Waals surface area contributed by atoms with Crippen LogP contribution in [0.4, 0.5) is 4.79 Å². The zero-order chi connectivity index (χ0) is 20.9. The summed E-state index contributed by atoms with van der Waals surface area (Å²) >= 11 is 0. The van der Waals surface area contributed by atoms with E-state index in [1.807, 2.05) is 41.1 Å². The van der Waals surface area contributed by atoms with Crippen molar-refractivity contribution in [2.75, 3.05) is 19.6 Å². The maximum atomic E-state index is 12.5. The lowest BCUT2D eigenvalue weighted by Gasteiger charge is -2.21. The van der Waals surface area contributed by atoms with E-state index in [-0.39, 0.29) is 11.9 Å². The second-order valence-electron chi connectivity index (χ2n) is 8.24. The summed E-state index contributed by atoms with van der Waals surface area (Å²) in [6.45, 7) is 5.52. The number of likely N-dealkylation sites (N-methyl/N-ethyl adjacent to an activating group) is 1.